The van der Waals surface area contributed by atoms with Crippen LogP contribution in [0.2, 0.25) is 0 Å². The van der Waals surface area contributed by atoms with Crippen molar-refractivity contribution in [1.29, 1.82) is 0 Å². The molecule has 0 aliphatic rings. The molecule has 2 aromatic rings. The molecule has 0 aliphatic heterocycles. The zero-order valence-corrected chi connectivity index (χ0v) is 11.2. The molecule has 0 bridgehead atoms. The molecule has 0 saturated heterocycles. The maximum absolute atomic E-state index is 13.4. The van der Waals surface area contributed by atoms with Gasteiger partial charge in [0.15, 0.2) is 0 Å². The molecule has 0 unspecified atom stereocenters. The highest BCUT2D eigenvalue weighted by Crippen LogP contribution is 2.17. The van der Waals surface area contributed by atoms with Gasteiger partial charge >= 0.3 is 0 Å². The zero-order chi connectivity index (χ0) is 16.1. The summed E-state index contributed by atoms with van der Waals surface area (Å²) in [5.41, 5.74) is 0.0755. The molecule has 0 fully saturated rings. The van der Waals surface area contributed by atoms with E-state index < -0.39 is 22.5 Å². The van der Waals surface area contributed by atoms with Crippen LogP contribution in [0, 0.1) is 21.7 Å². The van der Waals surface area contributed by atoms with E-state index in [0.29, 0.717) is 6.07 Å². The number of nitro benzene ring substituents is 1. The summed E-state index contributed by atoms with van der Waals surface area (Å²) in [6.07, 6.45) is 0. The van der Waals surface area contributed by atoms with Gasteiger partial charge < -0.3 is 10.6 Å². The third-order valence-corrected chi connectivity index (χ3v) is 2.71. The average Bonchev–Trinajstić information content (AvgIpc) is 2.46. The van der Waals surface area contributed by atoms with Crippen LogP contribution in [0.4, 0.5) is 25.8 Å². The summed E-state index contributed by atoms with van der Waals surface area (Å²) in [4.78, 5) is 21.7. The van der Waals surface area contributed by atoms with Gasteiger partial charge in [-0.1, -0.05) is 6.07 Å². The van der Waals surface area contributed by atoms with Crippen LogP contribution in [-0.4, -0.2) is 17.4 Å². The molecule has 0 radical (unpaired) electrons. The van der Waals surface area contributed by atoms with Gasteiger partial charge in [-0.25, -0.2) is 8.78 Å². The number of anilines is 2. The van der Waals surface area contributed by atoms with Crippen molar-refractivity contribution in [2.75, 3.05) is 17.2 Å². The molecule has 2 rings (SSSR count). The number of carbonyl (C=O) groups excluding carboxylic acids is 1. The Hall–Kier alpha value is -3.03. The summed E-state index contributed by atoms with van der Waals surface area (Å²) < 4.78 is 26.1. The molecule has 0 atom stereocenters. The van der Waals surface area contributed by atoms with E-state index in [1.165, 1.54) is 30.3 Å². The number of nitrogens with zero attached hydrogens (tertiary/aromatic N) is 1. The lowest BCUT2D eigenvalue weighted by molar-refractivity contribution is -0.384. The van der Waals surface area contributed by atoms with Gasteiger partial charge in [-0.2, -0.15) is 0 Å². The van der Waals surface area contributed by atoms with Crippen molar-refractivity contribution in [3.8, 4) is 0 Å². The first-order chi connectivity index (χ1) is 10.5. The van der Waals surface area contributed by atoms with Crippen molar-refractivity contribution < 1.29 is 18.5 Å². The number of benzene rings is 2. The predicted molar refractivity (Wildman–Crippen MR) is 76.6 cm³/mol. The third-order valence-electron chi connectivity index (χ3n) is 2.71. The Bertz CT molecular complexity index is 722. The lowest BCUT2D eigenvalue weighted by Crippen LogP contribution is -2.22. The Morgan fingerprint density at radius 1 is 1.18 bits per heavy atom. The quantitative estimate of drug-likeness (QED) is 0.657. The van der Waals surface area contributed by atoms with Crippen LogP contribution >= 0.6 is 0 Å². The van der Waals surface area contributed by atoms with Crippen molar-refractivity contribution in [2.24, 2.45) is 0 Å². The van der Waals surface area contributed by atoms with Gasteiger partial charge in [0, 0.05) is 23.9 Å². The number of carbonyl (C=O) groups is 1. The zero-order valence-electron chi connectivity index (χ0n) is 11.2. The van der Waals surface area contributed by atoms with Crippen LogP contribution in [0.25, 0.3) is 0 Å². The minimum atomic E-state index is -0.817. The summed E-state index contributed by atoms with van der Waals surface area (Å²) in [7, 11) is 0. The normalized spacial score (nSPS) is 10.1. The van der Waals surface area contributed by atoms with E-state index in [1.807, 2.05) is 0 Å². The van der Waals surface area contributed by atoms with Gasteiger partial charge in [-0.15, -0.1) is 0 Å². The van der Waals surface area contributed by atoms with Crippen molar-refractivity contribution >= 4 is 23.0 Å². The number of hydrogen-bond acceptors (Lipinski definition) is 4. The molecular weight excluding hydrogens is 296 g/mol. The first kappa shape index (κ1) is 15.4. The van der Waals surface area contributed by atoms with Gasteiger partial charge in [0.25, 0.3) is 5.69 Å². The maximum atomic E-state index is 13.4. The van der Waals surface area contributed by atoms with Crippen molar-refractivity contribution in [1.82, 2.24) is 0 Å². The van der Waals surface area contributed by atoms with E-state index in [-0.39, 0.29) is 23.6 Å². The van der Waals surface area contributed by atoms with E-state index >= 15 is 0 Å². The topological polar surface area (TPSA) is 84.3 Å². The van der Waals surface area contributed by atoms with E-state index in [4.69, 9.17) is 0 Å². The largest absolute Gasteiger partial charge is 0.374 e. The predicted octanol–water partition coefficient (Wildman–Crippen LogP) is 2.92. The van der Waals surface area contributed by atoms with Gasteiger partial charge in [0.2, 0.25) is 5.91 Å². The Labute approximate surface area is 123 Å². The molecular formula is C14H11F2N3O3. The summed E-state index contributed by atoms with van der Waals surface area (Å²) in [6.45, 7) is -0.273. The highest BCUT2D eigenvalue weighted by atomic mass is 19.1. The molecule has 22 heavy (non-hydrogen) atoms. The number of nitrogens with one attached hydrogen (secondary N) is 2. The fourth-order valence-corrected chi connectivity index (χ4v) is 1.71. The molecule has 2 N–H and O–H groups in total. The van der Waals surface area contributed by atoms with Crippen molar-refractivity contribution in [3.05, 3.63) is 64.2 Å². The fourth-order valence-electron chi connectivity index (χ4n) is 1.71. The van der Waals surface area contributed by atoms with Gasteiger partial charge in [-0.3, -0.25) is 14.9 Å². The lowest BCUT2D eigenvalue weighted by Gasteiger charge is -2.08. The van der Waals surface area contributed by atoms with Gasteiger partial charge in [0.05, 0.1) is 17.2 Å². The summed E-state index contributed by atoms with van der Waals surface area (Å²) in [5.74, 6) is -2.06. The van der Waals surface area contributed by atoms with Crippen LogP contribution < -0.4 is 10.6 Å². The van der Waals surface area contributed by atoms with E-state index in [2.05, 4.69) is 10.6 Å². The minimum Gasteiger partial charge on any atom is -0.374 e. The van der Waals surface area contributed by atoms with Crippen LogP contribution in [0.1, 0.15) is 0 Å². The van der Waals surface area contributed by atoms with E-state index in [1.54, 1.807) is 0 Å². The molecule has 2 aromatic carbocycles. The second-order valence-electron chi connectivity index (χ2n) is 4.33. The van der Waals surface area contributed by atoms with E-state index in [9.17, 15) is 23.7 Å². The van der Waals surface area contributed by atoms with Crippen molar-refractivity contribution in [3.63, 3.8) is 0 Å². The number of non-ortho nitro benzene ring substituents is 1. The smallest absolute Gasteiger partial charge is 0.271 e. The monoisotopic (exact) mass is 307 g/mol. The number of nitro groups is 1. The Morgan fingerprint density at radius 3 is 2.64 bits per heavy atom. The molecule has 8 heteroatoms. The van der Waals surface area contributed by atoms with Crippen LogP contribution in [0.5, 0.6) is 0 Å². The number of hydrogen-bond donors (Lipinski definition) is 2. The molecule has 0 heterocycles. The standard InChI is InChI=1S/C14H11F2N3O3/c15-9-4-5-13(12(16)6-9)17-8-14(20)18-10-2-1-3-11(7-10)19(21)22/h1-7,17H,8H2,(H,18,20). The Morgan fingerprint density at radius 2 is 1.95 bits per heavy atom. The second-order valence-corrected chi connectivity index (χ2v) is 4.33. The minimum absolute atomic E-state index is 0.0180. The molecule has 114 valence electrons. The summed E-state index contributed by atoms with van der Waals surface area (Å²) in [6, 6.07) is 8.35. The molecule has 0 aliphatic carbocycles. The highest BCUT2D eigenvalue weighted by Gasteiger charge is 2.09. The third kappa shape index (κ3) is 3.98. The Kier molecular flexibility index (Phi) is 4.62. The first-order valence-corrected chi connectivity index (χ1v) is 6.19. The van der Waals surface area contributed by atoms with Crippen LogP contribution in [0.3, 0.4) is 0 Å². The fraction of sp³-hybridized carbons (Fsp3) is 0.0714. The van der Waals surface area contributed by atoms with Crippen LogP contribution in [-0.2, 0) is 4.79 Å². The number of halogens is 2. The average molecular weight is 307 g/mol. The SMILES string of the molecule is O=C(CNc1ccc(F)cc1F)Nc1cccc([N+](=O)[O-])c1. The molecule has 1 amide bonds. The second kappa shape index (κ2) is 6.61. The van der Waals surface area contributed by atoms with Crippen molar-refractivity contribution in [2.45, 2.75) is 0 Å². The lowest BCUT2D eigenvalue weighted by atomic mass is 10.2. The molecule has 0 saturated carbocycles. The molecule has 0 spiro atoms. The van der Waals surface area contributed by atoms with E-state index in [0.717, 1.165) is 6.07 Å². The maximum Gasteiger partial charge on any atom is 0.271 e. The van der Waals surface area contributed by atoms with Gasteiger partial charge in [0.1, 0.15) is 11.6 Å². The molecule has 6 nitrogen and oxygen atoms in total. The van der Waals surface area contributed by atoms with Gasteiger partial charge in [-0.05, 0) is 18.2 Å². The first-order valence-electron chi connectivity index (χ1n) is 6.19. The summed E-state index contributed by atoms with van der Waals surface area (Å²) in [5, 5.41) is 15.6. The number of rotatable bonds is 5. The summed E-state index contributed by atoms with van der Waals surface area (Å²) >= 11 is 0. The number of amides is 1. The Balaban J connectivity index is 1.95. The van der Waals surface area contributed by atoms with Crippen LogP contribution in [0.15, 0.2) is 42.5 Å². The molecule has 0 aromatic heterocycles. The highest BCUT2D eigenvalue weighted by molar-refractivity contribution is 5.94.